The number of pyridine rings is 1. The number of hydrogen-bond donors (Lipinski definition) is 2. The van der Waals surface area contributed by atoms with Crippen molar-refractivity contribution in [2.45, 2.75) is 0 Å². The number of rotatable bonds is 4. The highest BCUT2D eigenvalue weighted by molar-refractivity contribution is 6.03. The number of carbonyl (C=O) groups is 2. The quantitative estimate of drug-likeness (QED) is 0.688. The van der Waals surface area contributed by atoms with E-state index in [9.17, 15) is 14.9 Å². The fourth-order valence-electron chi connectivity index (χ4n) is 2.54. The number of nitrogen functional groups attached to an aromatic ring is 1. The molecular weight excluding hydrogens is 346 g/mol. The van der Waals surface area contributed by atoms with Gasteiger partial charge in [-0.1, -0.05) is 12.1 Å². The number of nitrogens with zero attached hydrogens (tertiary/aromatic N) is 3. The summed E-state index contributed by atoms with van der Waals surface area (Å²) in [6.07, 6.45) is 2.97. The number of hydrogen-bond acceptors (Lipinski definition) is 6. The van der Waals surface area contributed by atoms with Crippen molar-refractivity contribution in [3.63, 3.8) is 0 Å². The van der Waals surface area contributed by atoms with Gasteiger partial charge in [0.1, 0.15) is 11.8 Å². The molecule has 0 aliphatic heterocycles. The Morgan fingerprint density at radius 3 is 2.74 bits per heavy atom. The highest BCUT2D eigenvalue weighted by Gasteiger charge is 2.21. The molecule has 8 nitrogen and oxygen atoms in total. The Hall–Kier alpha value is -4.12. The third-order valence-electron chi connectivity index (χ3n) is 3.82. The average Bonchev–Trinajstić information content (AvgIpc) is 3.04. The minimum absolute atomic E-state index is 0.0345. The van der Waals surface area contributed by atoms with Gasteiger partial charge >= 0.3 is 5.97 Å². The van der Waals surface area contributed by atoms with Gasteiger partial charge in [-0.25, -0.2) is 4.79 Å². The average molecular weight is 361 g/mol. The molecule has 0 fully saturated rings. The van der Waals surface area contributed by atoms with E-state index in [1.165, 1.54) is 24.1 Å². The fraction of sp³-hybridized carbons (Fsp3) is 0.0526. The summed E-state index contributed by atoms with van der Waals surface area (Å²) in [5.74, 6) is -1.04. The SMILES string of the molecule is COC(=O)c1c(N)c(C#N)cn1-c1cccc(NC(=O)c2ccccn2)c1. The first-order valence-electron chi connectivity index (χ1n) is 7.87. The third-order valence-corrected chi connectivity index (χ3v) is 3.82. The van der Waals surface area contributed by atoms with Crippen LogP contribution in [-0.2, 0) is 4.74 Å². The molecular formula is C19H15N5O3. The van der Waals surface area contributed by atoms with Crippen LogP contribution in [0.25, 0.3) is 5.69 Å². The molecule has 0 unspecified atom stereocenters. The second-order valence-electron chi connectivity index (χ2n) is 5.50. The zero-order valence-electron chi connectivity index (χ0n) is 14.3. The lowest BCUT2D eigenvalue weighted by molar-refractivity contribution is 0.0593. The second-order valence-corrected chi connectivity index (χ2v) is 5.50. The third kappa shape index (κ3) is 3.48. The first kappa shape index (κ1) is 17.7. The molecule has 0 saturated carbocycles. The van der Waals surface area contributed by atoms with Gasteiger partial charge in [0.2, 0.25) is 0 Å². The van der Waals surface area contributed by atoms with E-state index < -0.39 is 5.97 Å². The smallest absolute Gasteiger partial charge is 0.357 e. The highest BCUT2D eigenvalue weighted by atomic mass is 16.5. The van der Waals surface area contributed by atoms with E-state index in [4.69, 9.17) is 10.5 Å². The fourth-order valence-corrected chi connectivity index (χ4v) is 2.54. The van der Waals surface area contributed by atoms with Gasteiger partial charge in [-0.05, 0) is 30.3 Å². The molecule has 8 heteroatoms. The zero-order valence-corrected chi connectivity index (χ0v) is 14.3. The van der Waals surface area contributed by atoms with E-state index in [0.717, 1.165) is 0 Å². The molecule has 3 aromatic rings. The highest BCUT2D eigenvalue weighted by Crippen LogP contribution is 2.26. The largest absolute Gasteiger partial charge is 0.464 e. The zero-order chi connectivity index (χ0) is 19.4. The summed E-state index contributed by atoms with van der Waals surface area (Å²) >= 11 is 0. The lowest BCUT2D eigenvalue weighted by atomic mass is 10.2. The van der Waals surface area contributed by atoms with E-state index in [0.29, 0.717) is 11.4 Å². The van der Waals surface area contributed by atoms with Gasteiger partial charge in [0, 0.05) is 23.8 Å². The van der Waals surface area contributed by atoms with Crippen LogP contribution in [0.3, 0.4) is 0 Å². The molecule has 3 N–H and O–H groups in total. The maximum Gasteiger partial charge on any atom is 0.357 e. The number of esters is 1. The molecule has 134 valence electrons. The van der Waals surface area contributed by atoms with Gasteiger partial charge < -0.3 is 20.4 Å². The van der Waals surface area contributed by atoms with E-state index in [1.54, 1.807) is 42.5 Å². The second kappa shape index (κ2) is 7.41. The van der Waals surface area contributed by atoms with Crippen LogP contribution in [0.15, 0.2) is 54.9 Å². The minimum atomic E-state index is -0.670. The molecule has 2 aromatic heterocycles. The summed E-state index contributed by atoms with van der Waals surface area (Å²) in [6, 6.07) is 13.7. The van der Waals surface area contributed by atoms with Gasteiger partial charge in [0.15, 0.2) is 5.69 Å². The van der Waals surface area contributed by atoms with Gasteiger partial charge in [0.25, 0.3) is 5.91 Å². The van der Waals surface area contributed by atoms with Gasteiger partial charge in [-0.2, -0.15) is 5.26 Å². The Bertz CT molecular complexity index is 1050. The predicted octanol–water partition coefficient (Wildman–Crippen LogP) is 2.37. The van der Waals surface area contributed by atoms with Crippen molar-refractivity contribution in [3.05, 3.63) is 71.8 Å². The maximum absolute atomic E-state index is 12.3. The van der Waals surface area contributed by atoms with Crippen LogP contribution in [0, 0.1) is 11.3 Å². The van der Waals surface area contributed by atoms with E-state index >= 15 is 0 Å². The number of nitrogens with two attached hydrogens (primary N) is 1. The maximum atomic E-state index is 12.3. The van der Waals surface area contributed by atoms with Crippen molar-refractivity contribution in [3.8, 4) is 11.8 Å². The monoisotopic (exact) mass is 361 g/mol. The van der Waals surface area contributed by atoms with Crippen molar-refractivity contribution in [1.82, 2.24) is 9.55 Å². The molecule has 0 saturated heterocycles. The Morgan fingerprint density at radius 1 is 1.26 bits per heavy atom. The van der Waals surface area contributed by atoms with Crippen LogP contribution in [0.2, 0.25) is 0 Å². The molecule has 0 atom stereocenters. The normalized spacial score (nSPS) is 10.1. The van der Waals surface area contributed by atoms with Crippen LogP contribution in [0.1, 0.15) is 26.5 Å². The van der Waals surface area contributed by atoms with Crippen molar-refractivity contribution in [1.29, 1.82) is 5.26 Å². The summed E-state index contributed by atoms with van der Waals surface area (Å²) in [7, 11) is 1.23. The number of benzene rings is 1. The molecule has 0 spiro atoms. The lowest BCUT2D eigenvalue weighted by Gasteiger charge is -2.11. The van der Waals surface area contributed by atoms with Crippen molar-refractivity contribution in [2.24, 2.45) is 0 Å². The number of carbonyl (C=O) groups excluding carboxylic acids is 2. The molecule has 1 amide bonds. The number of methoxy groups -OCH3 is 1. The van der Waals surface area contributed by atoms with Gasteiger partial charge in [-0.15, -0.1) is 0 Å². The number of nitriles is 1. The van der Waals surface area contributed by atoms with Crippen LogP contribution >= 0.6 is 0 Å². The van der Waals surface area contributed by atoms with Crippen LogP contribution in [-0.4, -0.2) is 28.5 Å². The number of ether oxygens (including phenoxy) is 1. The van der Waals surface area contributed by atoms with Crippen LogP contribution < -0.4 is 11.1 Å². The number of nitrogens with one attached hydrogen (secondary N) is 1. The molecule has 2 heterocycles. The Kier molecular flexibility index (Phi) is 4.86. The van der Waals surface area contributed by atoms with Crippen LogP contribution in [0.4, 0.5) is 11.4 Å². The standard InChI is InChI=1S/C19H15N5O3/c1-27-19(26)17-16(21)12(10-20)11-24(17)14-6-4-5-13(9-14)23-18(25)15-7-2-3-8-22-15/h2-9,11H,21H2,1H3,(H,23,25). The van der Waals surface area contributed by atoms with Crippen molar-refractivity contribution >= 4 is 23.3 Å². The molecule has 0 aliphatic rings. The molecule has 0 radical (unpaired) electrons. The number of aromatic nitrogens is 2. The van der Waals surface area contributed by atoms with Crippen molar-refractivity contribution < 1.29 is 14.3 Å². The van der Waals surface area contributed by atoms with E-state index in [1.807, 2.05) is 6.07 Å². The van der Waals surface area contributed by atoms with Crippen LogP contribution in [0.5, 0.6) is 0 Å². The molecule has 0 aliphatic carbocycles. The molecule has 1 aromatic carbocycles. The first-order valence-corrected chi connectivity index (χ1v) is 7.87. The summed E-state index contributed by atoms with van der Waals surface area (Å²) in [4.78, 5) is 28.4. The van der Waals surface area contributed by atoms with E-state index in [-0.39, 0.29) is 28.5 Å². The first-order chi connectivity index (χ1) is 13.0. The Morgan fingerprint density at radius 2 is 2.07 bits per heavy atom. The Balaban J connectivity index is 1.98. The lowest BCUT2D eigenvalue weighted by Crippen LogP contribution is -2.14. The summed E-state index contributed by atoms with van der Waals surface area (Å²) in [6.45, 7) is 0. The topological polar surface area (TPSA) is 123 Å². The number of amides is 1. The van der Waals surface area contributed by atoms with E-state index in [2.05, 4.69) is 10.3 Å². The number of anilines is 2. The van der Waals surface area contributed by atoms with Gasteiger partial charge in [-0.3, -0.25) is 9.78 Å². The minimum Gasteiger partial charge on any atom is -0.464 e. The summed E-state index contributed by atoms with van der Waals surface area (Å²) < 4.78 is 6.22. The Labute approximate surface area is 154 Å². The summed E-state index contributed by atoms with van der Waals surface area (Å²) in [5, 5.41) is 11.9. The van der Waals surface area contributed by atoms with Gasteiger partial charge in [0.05, 0.1) is 18.4 Å². The predicted molar refractivity (Wildman–Crippen MR) is 98.4 cm³/mol. The summed E-state index contributed by atoms with van der Waals surface area (Å²) in [5.41, 5.74) is 7.42. The molecule has 3 rings (SSSR count). The molecule has 27 heavy (non-hydrogen) atoms. The molecule has 0 bridgehead atoms. The van der Waals surface area contributed by atoms with Crippen molar-refractivity contribution in [2.75, 3.05) is 18.2 Å².